The van der Waals surface area contributed by atoms with Crippen LogP contribution in [0.1, 0.15) is 23.6 Å². The average molecular weight is 505 g/mol. The minimum Gasteiger partial charge on any atom is -0.496 e. The van der Waals surface area contributed by atoms with Crippen LogP contribution in [0.5, 0.6) is 11.5 Å². The lowest BCUT2D eigenvalue weighted by Crippen LogP contribution is -2.19. The van der Waals surface area contributed by atoms with Gasteiger partial charge in [0.05, 0.1) is 17.8 Å². The van der Waals surface area contributed by atoms with Crippen LogP contribution in [-0.4, -0.2) is 22.8 Å². The molecule has 0 aliphatic carbocycles. The molecular formula is C23H23BrClN3O3. The van der Waals surface area contributed by atoms with Gasteiger partial charge in [0.1, 0.15) is 18.1 Å². The van der Waals surface area contributed by atoms with Gasteiger partial charge in [-0.25, -0.2) is 0 Å². The summed E-state index contributed by atoms with van der Waals surface area (Å²) in [7, 11) is 1.61. The predicted octanol–water partition coefficient (Wildman–Crippen LogP) is 5.24. The van der Waals surface area contributed by atoms with Crippen molar-refractivity contribution in [2.45, 2.75) is 26.6 Å². The molecule has 0 saturated carbocycles. The number of rotatable bonds is 9. The molecule has 0 radical (unpaired) electrons. The molecular weight excluding hydrogens is 482 g/mol. The van der Waals surface area contributed by atoms with E-state index in [4.69, 9.17) is 21.1 Å². The van der Waals surface area contributed by atoms with Crippen LogP contribution in [0, 0.1) is 0 Å². The lowest BCUT2D eigenvalue weighted by Gasteiger charge is -2.12. The SMILES string of the molecule is CCn1cc(CNC(=O)C=Cc2ccc(OC)c(COc3ccc(Cl)cc3Br)c2)cn1. The zero-order chi connectivity index (χ0) is 22.2. The number of nitrogens with zero attached hydrogens (tertiary/aromatic N) is 2. The van der Waals surface area contributed by atoms with Gasteiger partial charge in [-0.05, 0) is 64.8 Å². The van der Waals surface area contributed by atoms with E-state index < -0.39 is 0 Å². The Morgan fingerprint density at radius 1 is 1.26 bits per heavy atom. The second kappa shape index (κ2) is 11.0. The van der Waals surface area contributed by atoms with Crippen LogP contribution in [-0.2, 0) is 24.5 Å². The maximum absolute atomic E-state index is 12.2. The van der Waals surface area contributed by atoms with Gasteiger partial charge < -0.3 is 14.8 Å². The van der Waals surface area contributed by atoms with Crippen LogP contribution in [0.3, 0.4) is 0 Å². The number of carbonyl (C=O) groups is 1. The summed E-state index contributed by atoms with van der Waals surface area (Å²) in [4.78, 5) is 12.2. The predicted molar refractivity (Wildman–Crippen MR) is 125 cm³/mol. The highest BCUT2D eigenvalue weighted by atomic mass is 79.9. The summed E-state index contributed by atoms with van der Waals surface area (Å²) >= 11 is 9.42. The number of aryl methyl sites for hydroxylation is 1. The minimum atomic E-state index is -0.178. The number of halogens is 2. The summed E-state index contributed by atoms with van der Waals surface area (Å²) in [5, 5.41) is 7.68. The van der Waals surface area contributed by atoms with Gasteiger partial charge in [-0.1, -0.05) is 17.7 Å². The molecule has 1 aromatic heterocycles. The van der Waals surface area contributed by atoms with Crippen molar-refractivity contribution in [2.75, 3.05) is 7.11 Å². The van der Waals surface area contributed by atoms with Crippen LogP contribution in [0.25, 0.3) is 6.08 Å². The molecule has 0 atom stereocenters. The normalized spacial score (nSPS) is 11.0. The van der Waals surface area contributed by atoms with Gasteiger partial charge in [0.2, 0.25) is 5.91 Å². The van der Waals surface area contributed by atoms with Crippen molar-refractivity contribution < 1.29 is 14.3 Å². The Morgan fingerprint density at radius 2 is 2.06 bits per heavy atom. The number of benzene rings is 2. The minimum absolute atomic E-state index is 0.178. The van der Waals surface area contributed by atoms with Gasteiger partial charge in [-0.2, -0.15) is 5.10 Å². The van der Waals surface area contributed by atoms with E-state index in [2.05, 4.69) is 26.3 Å². The number of hydrogen-bond donors (Lipinski definition) is 1. The number of methoxy groups -OCH3 is 1. The highest BCUT2D eigenvalue weighted by Crippen LogP contribution is 2.30. The van der Waals surface area contributed by atoms with Gasteiger partial charge in [0.25, 0.3) is 0 Å². The Bertz CT molecular complexity index is 1080. The summed E-state index contributed by atoms with van der Waals surface area (Å²) in [6.45, 7) is 3.55. The van der Waals surface area contributed by atoms with E-state index in [0.717, 1.165) is 27.7 Å². The van der Waals surface area contributed by atoms with Crippen molar-refractivity contribution in [3.8, 4) is 11.5 Å². The Labute approximate surface area is 194 Å². The van der Waals surface area contributed by atoms with Crippen LogP contribution in [0.2, 0.25) is 5.02 Å². The molecule has 8 heteroatoms. The van der Waals surface area contributed by atoms with Crippen LogP contribution in [0.15, 0.2) is 59.3 Å². The molecule has 0 fully saturated rings. The molecule has 3 aromatic rings. The zero-order valence-corrected chi connectivity index (χ0v) is 19.6. The van der Waals surface area contributed by atoms with Crippen molar-refractivity contribution in [1.82, 2.24) is 15.1 Å². The Kier molecular flexibility index (Phi) is 8.14. The van der Waals surface area contributed by atoms with Crippen molar-refractivity contribution in [2.24, 2.45) is 0 Å². The van der Waals surface area contributed by atoms with Gasteiger partial charge >= 0.3 is 0 Å². The van der Waals surface area contributed by atoms with Crippen molar-refractivity contribution in [3.63, 3.8) is 0 Å². The number of nitrogens with one attached hydrogen (secondary N) is 1. The standard InChI is InChI=1S/C23H23BrClN3O3/c1-3-28-14-17(13-27-28)12-26-23(29)9-5-16-4-7-21(30-2)18(10-16)15-31-22-8-6-19(25)11-20(22)24/h4-11,13-14H,3,12,15H2,1-2H3,(H,26,29). The number of amides is 1. The van der Waals surface area contributed by atoms with Gasteiger partial charge in [-0.3, -0.25) is 9.48 Å². The first-order valence-corrected chi connectivity index (χ1v) is 10.9. The summed E-state index contributed by atoms with van der Waals surface area (Å²) in [6, 6.07) is 11.0. The molecule has 162 valence electrons. The fourth-order valence-corrected chi connectivity index (χ4v) is 3.65. The van der Waals surface area contributed by atoms with E-state index in [-0.39, 0.29) is 5.91 Å². The third kappa shape index (κ3) is 6.60. The molecule has 0 unspecified atom stereocenters. The molecule has 0 saturated heterocycles. The summed E-state index contributed by atoms with van der Waals surface area (Å²) in [6.07, 6.45) is 6.93. The first-order valence-electron chi connectivity index (χ1n) is 9.70. The van der Waals surface area contributed by atoms with Gasteiger partial charge in [-0.15, -0.1) is 0 Å². The maximum Gasteiger partial charge on any atom is 0.244 e. The van der Waals surface area contributed by atoms with Crippen molar-refractivity contribution >= 4 is 39.5 Å². The van der Waals surface area contributed by atoms with Crippen LogP contribution >= 0.6 is 27.5 Å². The molecule has 0 spiro atoms. The third-order valence-electron chi connectivity index (χ3n) is 4.49. The second-order valence-electron chi connectivity index (χ2n) is 6.69. The highest BCUT2D eigenvalue weighted by Gasteiger charge is 2.08. The first kappa shape index (κ1) is 22.9. The average Bonchev–Trinajstić information content (AvgIpc) is 3.24. The van der Waals surface area contributed by atoms with Gasteiger partial charge in [0, 0.05) is 41.5 Å². The summed E-state index contributed by atoms with van der Waals surface area (Å²) in [5.74, 6) is 1.21. The second-order valence-corrected chi connectivity index (χ2v) is 7.98. The molecule has 6 nitrogen and oxygen atoms in total. The maximum atomic E-state index is 12.2. The molecule has 1 heterocycles. The highest BCUT2D eigenvalue weighted by molar-refractivity contribution is 9.10. The van der Waals surface area contributed by atoms with Crippen LogP contribution in [0.4, 0.5) is 0 Å². The fraction of sp³-hybridized carbons (Fsp3) is 0.217. The quantitative estimate of drug-likeness (QED) is 0.405. The Balaban J connectivity index is 1.62. The fourth-order valence-electron chi connectivity index (χ4n) is 2.85. The zero-order valence-electron chi connectivity index (χ0n) is 17.3. The number of ether oxygens (including phenoxy) is 2. The van der Waals surface area contributed by atoms with Crippen LogP contribution < -0.4 is 14.8 Å². The van der Waals surface area contributed by atoms with E-state index in [9.17, 15) is 4.79 Å². The molecule has 0 aliphatic heterocycles. The van der Waals surface area contributed by atoms with Gasteiger partial charge in [0.15, 0.2) is 0 Å². The smallest absolute Gasteiger partial charge is 0.244 e. The van der Waals surface area contributed by atoms with E-state index in [1.165, 1.54) is 6.08 Å². The number of carbonyl (C=O) groups excluding carboxylic acids is 1. The molecule has 0 aliphatic rings. The molecule has 1 amide bonds. The Morgan fingerprint density at radius 3 is 2.77 bits per heavy atom. The van der Waals surface area contributed by atoms with E-state index in [0.29, 0.717) is 29.7 Å². The van der Waals surface area contributed by atoms with Crippen molar-refractivity contribution in [1.29, 1.82) is 0 Å². The molecule has 3 rings (SSSR count). The lowest BCUT2D eigenvalue weighted by molar-refractivity contribution is -0.116. The third-order valence-corrected chi connectivity index (χ3v) is 5.34. The lowest BCUT2D eigenvalue weighted by atomic mass is 10.1. The van der Waals surface area contributed by atoms with Crippen molar-refractivity contribution in [3.05, 3.63) is 81.1 Å². The summed E-state index contributed by atoms with van der Waals surface area (Å²) in [5.41, 5.74) is 2.68. The first-order chi connectivity index (χ1) is 15.0. The molecule has 2 aromatic carbocycles. The molecule has 0 bridgehead atoms. The number of hydrogen-bond acceptors (Lipinski definition) is 4. The molecule has 31 heavy (non-hydrogen) atoms. The van der Waals surface area contributed by atoms with E-state index in [1.807, 2.05) is 36.0 Å². The molecule has 1 N–H and O–H groups in total. The summed E-state index contributed by atoms with van der Waals surface area (Å²) < 4.78 is 13.9. The van der Waals surface area contributed by atoms with E-state index in [1.54, 1.807) is 37.6 Å². The monoisotopic (exact) mass is 503 g/mol. The Hall–Kier alpha value is -2.77. The number of aromatic nitrogens is 2. The largest absolute Gasteiger partial charge is 0.496 e. The van der Waals surface area contributed by atoms with E-state index >= 15 is 0 Å². The topological polar surface area (TPSA) is 65.4 Å².